The fourth-order valence-electron chi connectivity index (χ4n) is 1.67. The van der Waals surface area contributed by atoms with Crippen molar-refractivity contribution in [2.24, 2.45) is 0 Å². The summed E-state index contributed by atoms with van der Waals surface area (Å²) in [5, 5.41) is 14.9. The van der Waals surface area contributed by atoms with Gasteiger partial charge in [-0.05, 0) is 13.8 Å². The van der Waals surface area contributed by atoms with E-state index in [1.54, 1.807) is 0 Å². The summed E-state index contributed by atoms with van der Waals surface area (Å²) < 4.78 is 27.4. The number of carboxylic acids is 1. The van der Waals surface area contributed by atoms with E-state index in [0.29, 0.717) is 0 Å². The van der Waals surface area contributed by atoms with Crippen molar-refractivity contribution in [3.63, 3.8) is 0 Å². The molecule has 1 amide bonds. The number of carbonyl (C=O) groups is 2. The lowest BCUT2D eigenvalue weighted by molar-refractivity contribution is -0.138. The van der Waals surface area contributed by atoms with E-state index in [0.717, 1.165) is 4.68 Å². The van der Waals surface area contributed by atoms with Crippen molar-refractivity contribution in [2.45, 2.75) is 25.3 Å². The van der Waals surface area contributed by atoms with Crippen molar-refractivity contribution in [1.82, 2.24) is 19.8 Å². The van der Waals surface area contributed by atoms with Crippen molar-refractivity contribution in [3.8, 4) is 0 Å². The average Bonchev–Trinajstić information content (AvgIpc) is 2.61. The molecule has 10 heteroatoms. The number of carbonyl (C=O) groups excluding carboxylic acids is 1. The first-order valence-corrected chi connectivity index (χ1v) is 7.13. The van der Waals surface area contributed by atoms with Gasteiger partial charge in [0.1, 0.15) is 11.4 Å². The Morgan fingerprint density at radius 1 is 1.35 bits per heavy atom. The highest BCUT2D eigenvalue weighted by Gasteiger charge is 2.25. The van der Waals surface area contributed by atoms with Gasteiger partial charge in [-0.1, -0.05) is 0 Å². The number of aliphatic carboxylic acids is 1. The fraction of sp³-hybridized carbons (Fsp3) is 0.500. The van der Waals surface area contributed by atoms with Crippen molar-refractivity contribution in [2.75, 3.05) is 13.6 Å². The van der Waals surface area contributed by atoms with Crippen molar-refractivity contribution >= 4 is 21.9 Å². The van der Waals surface area contributed by atoms with Gasteiger partial charge in [-0.2, -0.15) is 5.10 Å². The zero-order chi connectivity index (χ0) is 15.5. The molecule has 1 aromatic heterocycles. The molecule has 1 rings (SSSR count). The number of carboxylic acid groups (broad SMARTS) is 1. The minimum absolute atomic E-state index is 0.109. The molecule has 0 fully saturated rings. The monoisotopic (exact) mass is 304 g/mol. The highest BCUT2D eigenvalue weighted by atomic mass is 32.2. The first-order valence-electron chi connectivity index (χ1n) is 5.65. The molecule has 0 spiro atoms. The van der Waals surface area contributed by atoms with Gasteiger partial charge in [0, 0.05) is 7.05 Å². The maximum absolute atomic E-state index is 12.1. The molecule has 0 atom stereocenters. The standard InChI is InChI=1S/C10H16N4O5S/c1-6-10(7(2)14(13-6)5-9(16)17)20(18,19)12-4-8(15)11-3/h12H,4-5H2,1-3H3,(H,11,15)(H,16,17). The molecule has 9 nitrogen and oxygen atoms in total. The summed E-state index contributed by atoms with van der Waals surface area (Å²) in [5.41, 5.74) is 0.377. The molecule has 0 saturated carbocycles. The molecule has 0 aliphatic heterocycles. The van der Waals surface area contributed by atoms with Crippen LogP contribution in [-0.4, -0.2) is 48.8 Å². The Morgan fingerprint density at radius 2 is 1.95 bits per heavy atom. The number of likely N-dealkylation sites (N-methyl/N-ethyl adjacent to an activating group) is 1. The molecule has 0 bridgehead atoms. The highest BCUT2D eigenvalue weighted by molar-refractivity contribution is 7.89. The second kappa shape index (κ2) is 6.01. The summed E-state index contributed by atoms with van der Waals surface area (Å²) in [6.45, 7) is 2.08. The maximum atomic E-state index is 12.1. The largest absolute Gasteiger partial charge is 0.480 e. The van der Waals surface area contributed by atoms with Crippen LogP contribution < -0.4 is 10.0 Å². The molecule has 0 aliphatic rings. The molecule has 0 aliphatic carbocycles. The van der Waals surface area contributed by atoms with Crippen LogP contribution in [0.2, 0.25) is 0 Å². The number of aryl methyl sites for hydroxylation is 1. The summed E-state index contributed by atoms with van der Waals surface area (Å²) in [7, 11) is -2.54. The Hall–Kier alpha value is -1.94. The Kier molecular flexibility index (Phi) is 4.84. The van der Waals surface area contributed by atoms with Gasteiger partial charge in [-0.15, -0.1) is 0 Å². The summed E-state index contributed by atoms with van der Waals surface area (Å²) >= 11 is 0. The minimum Gasteiger partial charge on any atom is -0.480 e. The zero-order valence-electron chi connectivity index (χ0n) is 11.3. The second-order valence-corrected chi connectivity index (χ2v) is 5.75. The first-order chi connectivity index (χ1) is 9.19. The van der Waals surface area contributed by atoms with Crippen LogP contribution in [0.15, 0.2) is 4.90 Å². The van der Waals surface area contributed by atoms with E-state index in [4.69, 9.17) is 5.11 Å². The van der Waals surface area contributed by atoms with Gasteiger partial charge in [0.05, 0.1) is 17.9 Å². The van der Waals surface area contributed by atoms with Crippen LogP contribution in [0.25, 0.3) is 0 Å². The van der Waals surface area contributed by atoms with Crippen LogP contribution in [0.3, 0.4) is 0 Å². The highest BCUT2D eigenvalue weighted by Crippen LogP contribution is 2.18. The summed E-state index contributed by atoms with van der Waals surface area (Å²) in [4.78, 5) is 21.6. The molecule has 1 aromatic rings. The van der Waals surface area contributed by atoms with Crippen LogP contribution in [0.4, 0.5) is 0 Å². The predicted octanol–water partition coefficient (Wildman–Crippen LogP) is -1.39. The minimum atomic E-state index is -3.93. The molecule has 20 heavy (non-hydrogen) atoms. The van der Waals surface area contributed by atoms with Gasteiger partial charge in [0.2, 0.25) is 15.9 Å². The third kappa shape index (κ3) is 3.54. The molecule has 112 valence electrons. The maximum Gasteiger partial charge on any atom is 0.325 e. The van der Waals surface area contributed by atoms with E-state index in [1.165, 1.54) is 20.9 Å². The topological polar surface area (TPSA) is 130 Å². The number of rotatable bonds is 6. The number of sulfonamides is 1. The summed E-state index contributed by atoms with van der Waals surface area (Å²) in [6, 6.07) is 0. The molecule has 0 unspecified atom stereocenters. The predicted molar refractivity (Wildman–Crippen MR) is 68.6 cm³/mol. The molecule has 1 heterocycles. The zero-order valence-corrected chi connectivity index (χ0v) is 12.1. The van der Waals surface area contributed by atoms with Gasteiger partial charge in [-0.25, -0.2) is 13.1 Å². The Labute approximate surface area is 116 Å². The molecular formula is C10H16N4O5S. The SMILES string of the molecule is CNC(=O)CNS(=O)(=O)c1c(C)nn(CC(=O)O)c1C. The molecule has 0 radical (unpaired) electrons. The quantitative estimate of drug-likeness (QED) is 0.593. The van der Waals surface area contributed by atoms with Crippen LogP contribution in [0, 0.1) is 13.8 Å². The lowest BCUT2D eigenvalue weighted by Gasteiger charge is -2.06. The summed E-state index contributed by atoms with van der Waals surface area (Å²) in [5.74, 6) is -1.61. The Bertz CT molecular complexity index is 634. The Morgan fingerprint density at radius 3 is 2.45 bits per heavy atom. The van der Waals surface area contributed by atoms with Crippen LogP contribution in [0.5, 0.6) is 0 Å². The van der Waals surface area contributed by atoms with Crippen LogP contribution in [0.1, 0.15) is 11.4 Å². The van der Waals surface area contributed by atoms with Crippen molar-refractivity contribution in [1.29, 1.82) is 0 Å². The molecule has 0 saturated heterocycles. The number of hydrogen-bond acceptors (Lipinski definition) is 5. The van der Waals surface area contributed by atoms with E-state index in [2.05, 4.69) is 15.1 Å². The van der Waals surface area contributed by atoms with Crippen LogP contribution >= 0.6 is 0 Å². The van der Waals surface area contributed by atoms with Crippen molar-refractivity contribution in [3.05, 3.63) is 11.4 Å². The third-order valence-electron chi connectivity index (χ3n) is 2.57. The van der Waals surface area contributed by atoms with Gasteiger partial charge < -0.3 is 10.4 Å². The van der Waals surface area contributed by atoms with E-state index in [9.17, 15) is 18.0 Å². The molecule has 0 aromatic carbocycles. The lowest BCUT2D eigenvalue weighted by Crippen LogP contribution is -2.35. The first kappa shape index (κ1) is 16.1. The number of nitrogens with one attached hydrogen (secondary N) is 2. The van der Waals surface area contributed by atoms with Gasteiger partial charge >= 0.3 is 5.97 Å². The molecule has 3 N–H and O–H groups in total. The lowest BCUT2D eigenvalue weighted by atomic mass is 10.4. The van der Waals surface area contributed by atoms with Gasteiger partial charge in [0.25, 0.3) is 0 Å². The van der Waals surface area contributed by atoms with Gasteiger partial charge in [0.15, 0.2) is 0 Å². The third-order valence-corrected chi connectivity index (χ3v) is 4.22. The smallest absolute Gasteiger partial charge is 0.325 e. The van der Waals surface area contributed by atoms with E-state index >= 15 is 0 Å². The number of amides is 1. The van der Waals surface area contributed by atoms with Gasteiger partial charge in [-0.3, -0.25) is 14.3 Å². The van der Waals surface area contributed by atoms with Crippen LogP contribution in [-0.2, 0) is 26.2 Å². The molecular weight excluding hydrogens is 288 g/mol. The average molecular weight is 304 g/mol. The van der Waals surface area contributed by atoms with E-state index in [-0.39, 0.29) is 16.3 Å². The van der Waals surface area contributed by atoms with E-state index < -0.39 is 35.0 Å². The number of nitrogens with zero attached hydrogens (tertiary/aromatic N) is 2. The fourth-order valence-corrected chi connectivity index (χ4v) is 3.06. The summed E-state index contributed by atoms with van der Waals surface area (Å²) in [6.07, 6.45) is 0. The number of aromatic nitrogens is 2. The normalized spacial score (nSPS) is 11.3. The van der Waals surface area contributed by atoms with Crippen molar-refractivity contribution < 1.29 is 23.1 Å². The Balaban J connectivity index is 3.09. The van der Waals surface area contributed by atoms with E-state index in [1.807, 2.05) is 0 Å². The number of hydrogen-bond donors (Lipinski definition) is 3. The second-order valence-electron chi connectivity index (χ2n) is 4.05.